The van der Waals surface area contributed by atoms with Gasteiger partial charge in [0.2, 0.25) is 0 Å². The number of nitrogens with zero attached hydrogens (tertiary/aromatic N) is 2. The number of ether oxygens (including phenoxy) is 1. The SMILES string of the molecule is COCc1c(Cl)cc(-c2cc(C(=O)O)nn2C)c(F)c1F. The number of rotatable bonds is 4. The summed E-state index contributed by atoms with van der Waals surface area (Å²) in [7, 11) is 2.76. The molecule has 21 heavy (non-hydrogen) atoms. The van der Waals surface area contributed by atoms with Gasteiger partial charge in [-0.15, -0.1) is 0 Å². The Kier molecular flexibility index (Phi) is 4.24. The summed E-state index contributed by atoms with van der Waals surface area (Å²) in [6.45, 7) is -0.173. The molecule has 1 heterocycles. The second-order valence-electron chi connectivity index (χ2n) is 4.29. The summed E-state index contributed by atoms with van der Waals surface area (Å²) in [4.78, 5) is 10.9. The number of carboxylic acids is 1. The molecule has 0 atom stereocenters. The smallest absolute Gasteiger partial charge is 0.356 e. The van der Waals surface area contributed by atoms with Crippen molar-refractivity contribution >= 4 is 17.6 Å². The molecule has 1 aromatic heterocycles. The number of carbonyl (C=O) groups is 1. The van der Waals surface area contributed by atoms with Crippen LogP contribution < -0.4 is 0 Å². The molecule has 0 unspecified atom stereocenters. The van der Waals surface area contributed by atoms with Gasteiger partial charge in [0, 0.05) is 30.3 Å². The van der Waals surface area contributed by atoms with Gasteiger partial charge in [-0.3, -0.25) is 4.68 Å². The van der Waals surface area contributed by atoms with Gasteiger partial charge in [-0.05, 0) is 12.1 Å². The van der Waals surface area contributed by atoms with Gasteiger partial charge >= 0.3 is 5.97 Å². The van der Waals surface area contributed by atoms with Gasteiger partial charge in [0.15, 0.2) is 17.3 Å². The first kappa shape index (κ1) is 15.4. The van der Waals surface area contributed by atoms with E-state index in [2.05, 4.69) is 5.10 Å². The molecule has 0 aliphatic carbocycles. The van der Waals surface area contributed by atoms with Crippen molar-refractivity contribution in [2.24, 2.45) is 7.05 Å². The Balaban J connectivity index is 2.62. The van der Waals surface area contributed by atoms with Crippen LogP contribution in [0.1, 0.15) is 16.1 Å². The molecule has 0 saturated heterocycles. The summed E-state index contributed by atoms with van der Waals surface area (Å²) in [6, 6.07) is 2.36. The topological polar surface area (TPSA) is 64.3 Å². The number of hydrogen-bond acceptors (Lipinski definition) is 3. The minimum Gasteiger partial charge on any atom is -0.476 e. The normalized spacial score (nSPS) is 10.9. The quantitative estimate of drug-likeness (QED) is 0.881. The lowest BCUT2D eigenvalue weighted by Crippen LogP contribution is -2.03. The molecule has 0 aliphatic rings. The van der Waals surface area contributed by atoms with Gasteiger partial charge in [-0.1, -0.05) is 11.6 Å². The Morgan fingerprint density at radius 2 is 2.10 bits per heavy atom. The highest BCUT2D eigenvalue weighted by molar-refractivity contribution is 6.31. The third-order valence-corrected chi connectivity index (χ3v) is 3.25. The van der Waals surface area contributed by atoms with Crippen LogP contribution in [0.5, 0.6) is 0 Å². The van der Waals surface area contributed by atoms with Gasteiger partial charge < -0.3 is 9.84 Å². The number of aromatic nitrogens is 2. The number of hydrogen-bond donors (Lipinski definition) is 1. The van der Waals surface area contributed by atoms with Gasteiger partial charge in [0.1, 0.15) is 0 Å². The van der Waals surface area contributed by atoms with Gasteiger partial charge in [0.25, 0.3) is 0 Å². The van der Waals surface area contributed by atoms with Crippen LogP contribution in [-0.4, -0.2) is 28.0 Å². The fourth-order valence-electron chi connectivity index (χ4n) is 1.92. The van der Waals surface area contributed by atoms with E-state index >= 15 is 0 Å². The summed E-state index contributed by atoms with van der Waals surface area (Å²) in [5.74, 6) is -3.52. The molecule has 0 radical (unpaired) electrons. The number of aromatic carboxylic acids is 1. The van der Waals surface area contributed by atoms with Crippen LogP contribution in [0.4, 0.5) is 8.78 Å². The molecule has 0 fully saturated rings. The first-order chi connectivity index (χ1) is 9.86. The molecule has 8 heteroatoms. The Bertz CT molecular complexity index is 716. The van der Waals surface area contributed by atoms with Crippen molar-refractivity contribution in [1.82, 2.24) is 9.78 Å². The largest absolute Gasteiger partial charge is 0.476 e. The lowest BCUT2D eigenvalue weighted by Gasteiger charge is -2.10. The van der Waals surface area contributed by atoms with E-state index in [9.17, 15) is 13.6 Å². The number of halogens is 3. The molecule has 2 aromatic rings. The predicted octanol–water partition coefficient (Wildman–Crippen LogP) is 2.86. The second-order valence-corrected chi connectivity index (χ2v) is 4.70. The lowest BCUT2D eigenvalue weighted by atomic mass is 10.1. The summed E-state index contributed by atoms with van der Waals surface area (Å²) in [5.41, 5.74) is -0.431. The van der Waals surface area contributed by atoms with E-state index in [4.69, 9.17) is 21.4 Å². The zero-order chi connectivity index (χ0) is 15.7. The van der Waals surface area contributed by atoms with Crippen molar-refractivity contribution in [3.05, 3.63) is 40.0 Å². The van der Waals surface area contributed by atoms with E-state index in [1.165, 1.54) is 20.2 Å². The molecule has 1 aromatic carbocycles. The molecule has 0 aliphatic heterocycles. The Morgan fingerprint density at radius 3 is 2.62 bits per heavy atom. The van der Waals surface area contributed by atoms with E-state index in [1.54, 1.807) is 0 Å². The summed E-state index contributed by atoms with van der Waals surface area (Å²) in [5, 5.41) is 12.6. The van der Waals surface area contributed by atoms with Crippen molar-refractivity contribution in [3.63, 3.8) is 0 Å². The fourth-order valence-corrected chi connectivity index (χ4v) is 2.17. The van der Waals surface area contributed by atoms with Gasteiger partial charge in [0.05, 0.1) is 12.3 Å². The summed E-state index contributed by atoms with van der Waals surface area (Å²) in [6.07, 6.45) is 0. The van der Waals surface area contributed by atoms with E-state index in [0.717, 1.165) is 10.7 Å². The van der Waals surface area contributed by atoms with Gasteiger partial charge in [-0.25, -0.2) is 13.6 Å². The highest BCUT2D eigenvalue weighted by Gasteiger charge is 2.22. The maximum atomic E-state index is 14.2. The zero-order valence-corrected chi connectivity index (χ0v) is 11.9. The molecule has 5 nitrogen and oxygen atoms in total. The van der Waals surface area contributed by atoms with Crippen molar-refractivity contribution in [2.75, 3.05) is 7.11 Å². The average Bonchev–Trinajstić information content (AvgIpc) is 2.81. The molecule has 0 amide bonds. The molecule has 112 valence electrons. The highest BCUT2D eigenvalue weighted by Crippen LogP contribution is 2.32. The minimum atomic E-state index is -1.26. The maximum Gasteiger partial charge on any atom is 0.356 e. The first-order valence-electron chi connectivity index (χ1n) is 5.79. The minimum absolute atomic E-state index is 0.0103. The number of methoxy groups -OCH3 is 1. The maximum absolute atomic E-state index is 14.2. The molecule has 1 N–H and O–H groups in total. The van der Waals surface area contributed by atoms with Crippen LogP contribution in [0.3, 0.4) is 0 Å². The molecular formula is C13H11ClF2N2O3. The van der Waals surface area contributed by atoms with E-state index < -0.39 is 17.6 Å². The summed E-state index contributed by atoms with van der Waals surface area (Å²) >= 11 is 5.92. The van der Waals surface area contributed by atoms with E-state index in [-0.39, 0.29) is 34.1 Å². The third-order valence-electron chi connectivity index (χ3n) is 2.92. The molecule has 0 bridgehead atoms. The second kappa shape index (κ2) is 5.79. The Labute approximate surface area is 123 Å². The summed E-state index contributed by atoms with van der Waals surface area (Å²) < 4.78 is 34.1. The van der Waals surface area contributed by atoms with Crippen molar-refractivity contribution in [1.29, 1.82) is 0 Å². The highest BCUT2D eigenvalue weighted by atomic mass is 35.5. The lowest BCUT2D eigenvalue weighted by molar-refractivity contribution is 0.0689. The van der Waals surface area contributed by atoms with Crippen LogP contribution in [-0.2, 0) is 18.4 Å². The van der Waals surface area contributed by atoms with Crippen LogP contribution in [0.2, 0.25) is 5.02 Å². The molecule has 0 saturated carbocycles. The number of benzene rings is 1. The van der Waals surface area contributed by atoms with Crippen LogP contribution in [0.25, 0.3) is 11.3 Å². The molecule has 0 spiro atoms. The monoisotopic (exact) mass is 316 g/mol. The van der Waals surface area contributed by atoms with Crippen LogP contribution >= 0.6 is 11.6 Å². The molecule has 2 rings (SSSR count). The number of carboxylic acid groups (broad SMARTS) is 1. The zero-order valence-electron chi connectivity index (χ0n) is 11.2. The fraction of sp³-hybridized carbons (Fsp3) is 0.231. The van der Waals surface area contributed by atoms with E-state index in [1.807, 2.05) is 0 Å². The van der Waals surface area contributed by atoms with Crippen LogP contribution in [0.15, 0.2) is 12.1 Å². The third kappa shape index (κ3) is 2.74. The van der Waals surface area contributed by atoms with E-state index in [0.29, 0.717) is 0 Å². The van der Waals surface area contributed by atoms with Crippen molar-refractivity contribution in [3.8, 4) is 11.3 Å². The Morgan fingerprint density at radius 1 is 1.43 bits per heavy atom. The standard InChI is InChI=1S/C13H11ClF2N2O3/c1-18-10(4-9(17-18)13(19)20)6-3-8(14)7(5-21-2)12(16)11(6)15/h3-4H,5H2,1-2H3,(H,19,20). The van der Waals surface area contributed by atoms with Gasteiger partial charge in [-0.2, -0.15) is 5.10 Å². The van der Waals surface area contributed by atoms with Crippen LogP contribution in [0, 0.1) is 11.6 Å². The van der Waals surface area contributed by atoms with Crippen molar-refractivity contribution in [2.45, 2.75) is 6.61 Å². The predicted molar refractivity (Wildman–Crippen MR) is 71.2 cm³/mol. The number of aryl methyl sites for hydroxylation is 1. The van der Waals surface area contributed by atoms with Crippen molar-refractivity contribution < 1.29 is 23.4 Å². The molecular weight excluding hydrogens is 306 g/mol. The Hall–Kier alpha value is -1.99. The average molecular weight is 317 g/mol. The first-order valence-corrected chi connectivity index (χ1v) is 6.17.